The first-order valence-electron chi connectivity index (χ1n) is 6.24. The summed E-state index contributed by atoms with van der Waals surface area (Å²) in [6.07, 6.45) is 0. The normalized spacial score (nSPS) is 14.3. The molecule has 0 aliphatic carbocycles. The Morgan fingerprint density at radius 2 is 1.70 bits per heavy atom. The van der Waals surface area contributed by atoms with Crippen molar-refractivity contribution in [2.24, 2.45) is 0 Å². The third-order valence-electron chi connectivity index (χ3n) is 3.00. The Morgan fingerprint density at radius 3 is 2.50 bits per heavy atom. The molecule has 4 rings (SSSR count). The summed E-state index contributed by atoms with van der Waals surface area (Å²) < 4.78 is 17.4. The van der Waals surface area contributed by atoms with Gasteiger partial charge in [-0.05, 0) is 0 Å². The van der Waals surface area contributed by atoms with E-state index >= 15 is 0 Å². The van der Waals surface area contributed by atoms with Crippen molar-refractivity contribution in [2.75, 3.05) is 13.2 Å². The fourth-order valence-electron chi connectivity index (χ4n) is 2.17. The maximum atomic E-state index is 5.84. The first kappa shape index (κ1) is 13.4. The van der Waals surface area contributed by atoms with E-state index in [1.165, 1.54) is 24.9 Å². The Balaban J connectivity index is 1.69. The van der Waals surface area contributed by atoms with Crippen molar-refractivity contribution < 1.29 is 30.7 Å². The predicted molar refractivity (Wildman–Crippen MR) is 81.9 cm³/mol. The van der Waals surface area contributed by atoms with Gasteiger partial charge in [0, 0.05) is 0 Å². The third-order valence-corrected chi connectivity index (χ3v) is 10.0. The molecule has 106 valence electrons. The molecule has 6 heteroatoms. The topological polar surface area (TPSA) is 18.5 Å². The van der Waals surface area contributed by atoms with E-state index in [0.29, 0.717) is 13.2 Å². The van der Waals surface area contributed by atoms with Gasteiger partial charge in [0.15, 0.2) is 0 Å². The van der Waals surface area contributed by atoms with Crippen LogP contribution in [0.25, 0.3) is 9.40 Å². The zero-order chi connectivity index (χ0) is 13.7. The molecule has 1 aliphatic heterocycles. The van der Waals surface area contributed by atoms with Crippen LogP contribution in [0.4, 0.5) is 0 Å². The first-order chi connectivity index (χ1) is 9.70. The van der Waals surface area contributed by atoms with Gasteiger partial charge in [-0.25, -0.2) is 0 Å². The molecule has 0 fully saturated rings. The minimum atomic E-state index is -0.161. The van der Waals surface area contributed by atoms with Crippen molar-refractivity contribution in [1.82, 2.24) is 0 Å². The van der Waals surface area contributed by atoms with Crippen LogP contribution in [0.1, 0.15) is 9.75 Å². The molecule has 0 bridgehead atoms. The Kier molecular flexibility index (Phi) is 3.44. The summed E-state index contributed by atoms with van der Waals surface area (Å²) >= 11 is 5.52. The number of ether oxygens (including phenoxy) is 2. The maximum absolute atomic E-state index is 5.84. The van der Waals surface area contributed by atoms with Gasteiger partial charge in [0.1, 0.15) is 0 Å². The molecule has 3 aromatic heterocycles. The van der Waals surface area contributed by atoms with E-state index in [0.717, 1.165) is 11.5 Å². The summed E-state index contributed by atoms with van der Waals surface area (Å²) in [6, 6.07) is 4.67. The monoisotopic (exact) mass is 435 g/mol. The molecule has 0 radical (unpaired) electrons. The first-order valence-corrected chi connectivity index (χ1v) is 10.8. The van der Waals surface area contributed by atoms with Gasteiger partial charge in [-0.1, -0.05) is 0 Å². The molecule has 20 heavy (non-hydrogen) atoms. The van der Waals surface area contributed by atoms with Crippen LogP contribution in [0.5, 0.6) is 11.5 Å². The molecular formula is C14H12IO2S3-. The average molecular weight is 435 g/mol. The number of rotatable bonds is 2. The van der Waals surface area contributed by atoms with E-state index in [1.54, 1.807) is 0 Å². The van der Waals surface area contributed by atoms with Crippen LogP contribution in [-0.4, -0.2) is 13.2 Å². The standard InChI is InChI=1S/C14H12IO2S3/c1-7-5-9-10(18-7)6-11(20-9)15-14-13-12(8(2)19-14)16-3-4-17-13/h5-6H,3-4H2,1-2H3/q-1. The second-order valence-corrected chi connectivity index (χ2v) is 12.4. The van der Waals surface area contributed by atoms with Gasteiger partial charge in [0.25, 0.3) is 0 Å². The van der Waals surface area contributed by atoms with E-state index in [2.05, 4.69) is 26.0 Å². The molecule has 0 saturated heterocycles. The summed E-state index contributed by atoms with van der Waals surface area (Å²) in [7, 11) is 0. The van der Waals surface area contributed by atoms with Crippen LogP contribution in [-0.2, 0) is 0 Å². The fourth-order valence-corrected chi connectivity index (χ4v) is 10.6. The molecular weight excluding hydrogens is 423 g/mol. The summed E-state index contributed by atoms with van der Waals surface area (Å²) in [4.78, 5) is 2.65. The number of hydrogen-bond acceptors (Lipinski definition) is 5. The number of fused-ring (bicyclic) bond motifs is 2. The average Bonchev–Trinajstić information content (AvgIpc) is 3.03. The Morgan fingerprint density at radius 1 is 0.950 bits per heavy atom. The van der Waals surface area contributed by atoms with Crippen molar-refractivity contribution >= 4 is 43.4 Å². The molecule has 0 atom stereocenters. The predicted octanol–water partition coefficient (Wildman–Crippen LogP) is 1.54. The third kappa shape index (κ3) is 2.26. The van der Waals surface area contributed by atoms with Crippen LogP contribution in [0, 0.1) is 19.6 Å². The molecule has 0 spiro atoms. The molecule has 4 heterocycles. The van der Waals surface area contributed by atoms with Crippen LogP contribution in [0.3, 0.4) is 0 Å². The van der Waals surface area contributed by atoms with Crippen LogP contribution in [0.15, 0.2) is 12.1 Å². The summed E-state index contributed by atoms with van der Waals surface area (Å²) in [5.74, 6) is 2.02. The molecule has 0 N–H and O–H groups in total. The molecule has 1 aliphatic rings. The van der Waals surface area contributed by atoms with Gasteiger partial charge in [0.2, 0.25) is 0 Å². The second-order valence-electron chi connectivity index (χ2n) is 4.52. The van der Waals surface area contributed by atoms with E-state index in [9.17, 15) is 0 Å². The van der Waals surface area contributed by atoms with Crippen LogP contribution in [0.2, 0.25) is 0 Å². The second kappa shape index (κ2) is 5.15. The summed E-state index contributed by atoms with van der Waals surface area (Å²) in [5.41, 5.74) is 0. The number of aryl methyl sites for hydroxylation is 2. The molecule has 0 aromatic carbocycles. The van der Waals surface area contributed by atoms with Gasteiger partial charge in [-0.2, -0.15) is 0 Å². The fraction of sp³-hybridized carbons (Fsp3) is 0.286. The van der Waals surface area contributed by atoms with E-state index < -0.39 is 0 Å². The van der Waals surface area contributed by atoms with Crippen molar-refractivity contribution in [2.45, 2.75) is 13.8 Å². The van der Waals surface area contributed by atoms with Gasteiger partial charge in [0.05, 0.1) is 0 Å². The number of halogens is 1. The Bertz CT molecular complexity index is 752. The van der Waals surface area contributed by atoms with Crippen LogP contribution < -0.4 is 30.7 Å². The number of hydrogen-bond donors (Lipinski definition) is 0. The van der Waals surface area contributed by atoms with E-state index in [1.807, 2.05) is 34.0 Å². The van der Waals surface area contributed by atoms with Gasteiger partial charge in [-0.3, -0.25) is 0 Å². The summed E-state index contributed by atoms with van der Waals surface area (Å²) in [5, 5.41) is 0. The zero-order valence-corrected chi connectivity index (χ0v) is 15.6. The quantitative estimate of drug-likeness (QED) is 0.569. The zero-order valence-electron chi connectivity index (χ0n) is 11.0. The Labute approximate surface area is 139 Å². The van der Waals surface area contributed by atoms with Crippen molar-refractivity contribution in [3.8, 4) is 11.5 Å². The van der Waals surface area contributed by atoms with E-state index in [4.69, 9.17) is 9.47 Å². The molecule has 3 aromatic rings. The summed E-state index contributed by atoms with van der Waals surface area (Å²) in [6.45, 7) is 5.66. The van der Waals surface area contributed by atoms with Crippen molar-refractivity contribution in [3.63, 3.8) is 0 Å². The molecule has 0 amide bonds. The van der Waals surface area contributed by atoms with Gasteiger partial charge in [-0.15, -0.1) is 0 Å². The SMILES string of the molecule is Cc1cc2sc([I-]c3sc(C)c4c3OCCO4)cc2s1. The minimum absolute atomic E-state index is 0.161. The van der Waals surface area contributed by atoms with Gasteiger partial charge >= 0.3 is 140 Å². The molecule has 0 saturated carbocycles. The molecule has 2 nitrogen and oxygen atoms in total. The molecule has 0 unspecified atom stereocenters. The Hall–Kier alpha value is -0.310. The number of thiophene rings is 3. The van der Waals surface area contributed by atoms with Gasteiger partial charge < -0.3 is 0 Å². The van der Waals surface area contributed by atoms with Crippen LogP contribution >= 0.6 is 34.0 Å². The van der Waals surface area contributed by atoms with E-state index in [-0.39, 0.29) is 21.2 Å². The van der Waals surface area contributed by atoms with Crippen molar-refractivity contribution in [1.29, 1.82) is 0 Å². The van der Waals surface area contributed by atoms with Crippen molar-refractivity contribution in [3.05, 3.63) is 27.7 Å².